The van der Waals surface area contributed by atoms with Gasteiger partial charge in [0, 0.05) is 0 Å². The molecular formula is C19H17F2N3O2S. The summed E-state index contributed by atoms with van der Waals surface area (Å²) in [5, 5.41) is 10.2. The molecule has 140 valence electrons. The predicted octanol–water partition coefficient (Wildman–Crippen LogP) is 4.37. The summed E-state index contributed by atoms with van der Waals surface area (Å²) in [7, 11) is 0. The average Bonchev–Trinajstić information content (AvgIpc) is 3.10. The van der Waals surface area contributed by atoms with E-state index in [1.54, 1.807) is 31.2 Å². The summed E-state index contributed by atoms with van der Waals surface area (Å²) in [6.45, 7) is 3.51. The Balaban J connectivity index is 1.61. The van der Waals surface area contributed by atoms with Crippen LogP contribution in [0.15, 0.2) is 58.2 Å². The summed E-state index contributed by atoms with van der Waals surface area (Å²) in [4.78, 5) is 12.4. The van der Waals surface area contributed by atoms with Gasteiger partial charge in [0.1, 0.15) is 11.6 Å². The van der Waals surface area contributed by atoms with E-state index in [-0.39, 0.29) is 34.4 Å². The van der Waals surface area contributed by atoms with Crippen molar-refractivity contribution in [3.63, 3.8) is 0 Å². The highest BCUT2D eigenvalue weighted by Gasteiger charge is 2.21. The van der Waals surface area contributed by atoms with E-state index in [0.717, 1.165) is 17.3 Å². The van der Waals surface area contributed by atoms with Crippen molar-refractivity contribution in [2.24, 2.45) is 0 Å². The Morgan fingerprint density at radius 3 is 2.48 bits per heavy atom. The lowest BCUT2D eigenvalue weighted by Crippen LogP contribution is -2.33. The Labute approximate surface area is 159 Å². The molecule has 0 saturated heterocycles. The van der Waals surface area contributed by atoms with E-state index in [0.29, 0.717) is 0 Å². The first kappa shape index (κ1) is 19.0. The van der Waals surface area contributed by atoms with E-state index >= 15 is 0 Å². The molecule has 0 aliphatic heterocycles. The van der Waals surface area contributed by atoms with Crippen molar-refractivity contribution in [2.45, 2.75) is 30.4 Å². The Hall–Kier alpha value is -2.74. The molecule has 0 unspecified atom stereocenters. The number of benzene rings is 2. The van der Waals surface area contributed by atoms with Crippen LogP contribution in [0.4, 0.5) is 8.78 Å². The van der Waals surface area contributed by atoms with Gasteiger partial charge in [-0.1, -0.05) is 36.0 Å². The van der Waals surface area contributed by atoms with Gasteiger partial charge in [-0.15, -0.1) is 10.2 Å². The Kier molecular flexibility index (Phi) is 5.85. The molecule has 8 heteroatoms. The number of amides is 1. The molecule has 1 amide bonds. The second kappa shape index (κ2) is 8.30. The minimum atomic E-state index is -0.512. The van der Waals surface area contributed by atoms with Gasteiger partial charge < -0.3 is 9.73 Å². The normalized spacial score (nSPS) is 13.2. The van der Waals surface area contributed by atoms with Crippen LogP contribution in [0, 0.1) is 11.6 Å². The molecule has 3 rings (SSSR count). The second-order valence-electron chi connectivity index (χ2n) is 5.89. The van der Waals surface area contributed by atoms with Crippen LogP contribution in [0.1, 0.15) is 25.5 Å². The highest BCUT2D eigenvalue weighted by atomic mass is 32.2. The average molecular weight is 389 g/mol. The summed E-state index contributed by atoms with van der Waals surface area (Å²) in [6, 6.07) is 11.7. The van der Waals surface area contributed by atoms with Crippen molar-refractivity contribution in [1.82, 2.24) is 15.5 Å². The molecule has 0 fully saturated rings. The quantitative estimate of drug-likeness (QED) is 0.634. The zero-order valence-electron chi connectivity index (χ0n) is 14.6. The lowest BCUT2D eigenvalue weighted by molar-refractivity contribution is -0.120. The number of carbonyl (C=O) groups is 1. The lowest BCUT2D eigenvalue weighted by atomic mass is 10.1. The van der Waals surface area contributed by atoms with Gasteiger partial charge in [0.2, 0.25) is 5.91 Å². The van der Waals surface area contributed by atoms with Crippen LogP contribution in [-0.2, 0) is 4.79 Å². The van der Waals surface area contributed by atoms with Crippen LogP contribution in [0.3, 0.4) is 0 Å². The molecule has 2 aromatic carbocycles. The van der Waals surface area contributed by atoms with Crippen molar-refractivity contribution in [3.8, 4) is 11.5 Å². The van der Waals surface area contributed by atoms with Crippen molar-refractivity contribution in [1.29, 1.82) is 0 Å². The van der Waals surface area contributed by atoms with Gasteiger partial charge in [0.05, 0.1) is 16.9 Å². The Morgan fingerprint density at radius 2 is 1.78 bits per heavy atom. The first-order valence-corrected chi connectivity index (χ1v) is 9.13. The van der Waals surface area contributed by atoms with Gasteiger partial charge in [-0.3, -0.25) is 4.79 Å². The number of hydrogen-bond acceptors (Lipinski definition) is 5. The monoisotopic (exact) mass is 389 g/mol. The molecule has 2 atom stereocenters. The number of halogens is 2. The number of rotatable bonds is 6. The maximum atomic E-state index is 13.8. The fourth-order valence-electron chi connectivity index (χ4n) is 2.37. The fraction of sp³-hybridized carbons (Fsp3) is 0.211. The third-order valence-corrected chi connectivity index (χ3v) is 4.82. The Bertz CT molecular complexity index is 931. The second-order valence-corrected chi connectivity index (χ2v) is 7.19. The molecule has 0 radical (unpaired) electrons. The maximum absolute atomic E-state index is 13.8. The van der Waals surface area contributed by atoms with Crippen LogP contribution in [0.2, 0.25) is 0 Å². The van der Waals surface area contributed by atoms with Crippen molar-refractivity contribution in [3.05, 3.63) is 65.7 Å². The first-order chi connectivity index (χ1) is 12.9. The van der Waals surface area contributed by atoms with Gasteiger partial charge in [0.15, 0.2) is 0 Å². The minimum absolute atomic E-state index is 0.0582. The van der Waals surface area contributed by atoms with Crippen molar-refractivity contribution >= 4 is 17.7 Å². The van der Waals surface area contributed by atoms with Crippen LogP contribution < -0.4 is 5.32 Å². The standard InChI is InChI=1S/C19H17F2N3O2S/c1-11(13-7-9-14(20)10-8-13)22-17(25)12(2)27-19-24-23-18(26-19)15-5-3-4-6-16(15)21/h3-12H,1-2H3,(H,22,25)/t11-,12+/m1/s1. The number of nitrogens with one attached hydrogen (secondary N) is 1. The van der Waals surface area contributed by atoms with Crippen LogP contribution in [0.25, 0.3) is 11.5 Å². The third kappa shape index (κ3) is 4.71. The highest BCUT2D eigenvalue weighted by molar-refractivity contribution is 8.00. The summed E-state index contributed by atoms with van der Waals surface area (Å²) >= 11 is 1.08. The molecule has 0 bridgehead atoms. The molecule has 1 heterocycles. The van der Waals surface area contributed by atoms with Crippen LogP contribution >= 0.6 is 11.8 Å². The molecule has 27 heavy (non-hydrogen) atoms. The lowest BCUT2D eigenvalue weighted by Gasteiger charge is -2.16. The summed E-state index contributed by atoms with van der Waals surface area (Å²) < 4.78 is 32.2. The minimum Gasteiger partial charge on any atom is -0.411 e. The zero-order valence-corrected chi connectivity index (χ0v) is 15.5. The zero-order chi connectivity index (χ0) is 19.4. The smallest absolute Gasteiger partial charge is 0.277 e. The summed E-state index contributed by atoms with van der Waals surface area (Å²) in [5.41, 5.74) is 1.00. The van der Waals surface area contributed by atoms with E-state index in [4.69, 9.17) is 4.42 Å². The first-order valence-electron chi connectivity index (χ1n) is 8.25. The molecule has 0 saturated carbocycles. The molecular weight excluding hydrogens is 372 g/mol. The van der Waals surface area contributed by atoms with E-state index in [1.165, 1.54) is 24.3 Å². The molecule has 1 aromatic heterocycles. The van der Waals surface area contributed by atoms with E-state index in [2.05, 4.69) is 15.5 Å². The van der Waals surface area contributed by atoms with Crippen LogP contribution in [-0.4, -0.2) is 21.4 Å². The Morgan fingerprint density at radius 1 is 1.07 bits per heavy atom. The number of nitrogens with zero attached hydrogens (tertiary/aromatic N) is 2. The molecule has 0 aliphatic rings. The number of aromatic nitrogens is 2. The van der Waals surface area contributed by atoms with Gasteiger partial charge in [0.25, 0.3) is 11.1 Å². The topological polar surface area (TPSA) is 68.0 Å². The molecule has 3 aromatic rings. The van der Waals surface area contributed by atoms with E-state index in [9.17, 15) is 13.6 Å². The molecule has 1 N–H and O–H groups in total. The van der Waals surface area contributed by atoms with Gasteiger partial charge in [-0.2, -0.15) is 0 Å². The predicted molar refractivity (Wildman–Crippen MR) is 98.0 cm³/mol. The summed E-state index contributed by atoms with van der Waals surface area (Å²) in [5.74, 6) is -0.967. The maximum Gasteiger partial charge on any atom is 0.277 e. The van der Waals surface area contributed by atoms with Crippen molar-refractivity contribution in [2.75, 3.05) is 0 Å². The number of thioether (sulfide) groups is 1. The number of hydrogen-bond donors (Lipinski definition) is 1. The largest absolute Gasteiger partial charge is 0.411 e. The van der Waals surface area contributed by atoms with E-state index < -0.39 is 11.1 Å². The summed E-state index contributed by atoms with van der Waals surface area (Å²) in [6.07, 6.45) is 0. The van der Waals surface area contributed by atoms with Crippen molar-refractivity contribution < 1.29 is 18.0 Å². The molecule has 0 spiro atoms. The van der Waals surface area contributed by atoms with Gasteiger partial charge in [-0.25, -0.2) is 8.78 Å². The molecule has 5 nitrogen and oxygen atoms in total. The number of carbonyl (C=O) groups excluding carboxylic acids is 1. The van der Waals surface area contributed by atoms with E-state index in [1.807, 2.05) is 6.92 Å². The fourth-order valence-corrected chi connectivity index (χ4v) is 3.06. The highest BCUT2D eigenvalue weighted by Crippen LogP contribution is 2.27. The van der Waals surface area contributed by atoms with Gasteiger partial charge in [-0.05, 0) is 43.7 Å². The SMILES string of the molecule is C[C@H](Sc1nnc(-c2ccccc2F)o1)C(=O)N[C@H](C)c1ccc(F)cc1. The van der Waals surface area contributed by atoms with Gasteiger partial charge >= 0.3 is 0 Å². The third-order valence-electron chi connectivity index (χ3n) is 3.89. The molecule has 0 aliphatic carbocycles. The van der Waals surface area contributed by atoms with Crippen LogP contribution in [0.5, 0.6) is 0 Å².